The molecule has 1 aromatic rings. The van der Waals surface area contributed by atoms with Gasteiger partial charge in [0.25, 0.3) is 0 Å². The van der Waals surface area contributed by atoms with Crippen LogP contribution in [0.4, 0.5) is 6.01 Å². The molecule has 84 valence electrons. The maximum Gasteiger partial charge on any atom is 0.315 e. The number of ether oxygens (including phenoxy) is 1. The molecule has 6 nitrogen and oxygen atoms in total. The highest BCUT2D eigenvalue weighted by molar-refractivity contribution is 5.21. The second kappa shape index (κ2) is 4.59. The van der Waals surface area contributed by atoms with E-state index in [2.05, 4.69) is 15.5 Å². The van der Waals surface area contributed by atoms with Crippen molar-refractivity contribution < 1.29 is 9.15 Å². The summed E-state index contributed by atoms with van der Waals surface area (Å²) in [5.74, 6) is 0.586. The average molecular weight is 212 g/mol. The number of rotatable bonds is 5. The zero-order chi connectivity index (χ0) is 10.7. The highest BCUT2D eigenvalue weighted by atomic mass is 16.5. The lowest BCUT2D eigenvalue weighted by atomic mass is 9.89. The van der Waals surface area contributed by atoms with E-state index >= 15 is 0 Å². The number of hydrogen-bond acceptors (Lipinski definition) is 6. The van der Waals surface area contributed by atoms with Crippen molar-refractivity contribution in [2.45, 2.75) is 31.4 Å². The number of aromatic nitrogens is 2. The highest BCUT2D eigenvalue weighted by Gasteiger charge is 2.29. The maximum atomic E-state index is 5.38. The van der Waals surface area contributed by atoms with Crippen molar-refractivity contribution in [3.8, 4) is 0 Å². The Hall–Kier alpha value is -1.14. The fraction of sp³-hybridized carbons (Fsp3) is 0.778. The lowest BCUT2D eigenvalue weighted by Gasteiger charge is -2.33. The van der Waals surface area contributed by atoms with Crippen LogP contribution in [-0.2, 0) is 11.2 Å². The molecule has 2 rings (SSSR count). The fourth-order valence-electron chi connectivity index (χ4n) is 1.59. The molecule has 6 heteroatoms. The second-order valence-corrected chi connectivity index (χ2v) is 3.71. The van der Waals surface area contributed by atoms with Crippen LogP contribution in [0.15, 0.2) is 4.42 Å². The van der Waals surface area contributed by atoms with Crippen molar-refractivity contribution in [1.82, 2.24) is 10.2 Å². The number of nitrogens with one attached hydrogen (secondary N) is 1. The summed E-state index contributed by atoms with van der Waals surface area (Å²) in [7, 11) is 1.73. The lowest BCUT2D eigenvalue weighted by molar-refractivity contribution is 0.0323. The molecule has 0 bridgehead atoms. The Morgan fingerprint density at radius 1 is 1.53 bits per heavy atom. The number of hydrogen-bond donors (Lipinski definition) is 2. The van der Waals surface area contributed by atoms with E-state index in [1.807, 2.05) is 0 Å². The summed E-state index contributed by atoms with van der Waals surface area (Å²) in [6.07, 6.45) is 2.98. The molecule has 0 spiro atoms. The molecular weight excluding hydrogens is 196 g/mol. The predicted molar refractivity (Wildman–Crippen MR) is 54.5 cm³/mol. The molecule has 0 atom stereocenters. The third-order valence-corrected chi connectivity index (χ3v) is 2.58. The van der Waals surface area contributed by atoms with Gasteiger partial charge in [-0.1, -0.05) is 5.10 Å². The number of methoxy groups -OCH3 is 1. The van der Waals surface area contributed by atoms with Gasteiger partial charge in [-0.15, -0.1) is 5.10 Å². The molecule has 0 amide bonds. The van der Waals surface area contributed by atoms with E-state index in [1.54, 1.807) is 7.11 Å². The van der Waals surface area contributed by atoms with E-state index < -0.39 is 0 Å². The molecule has 3 N–H and O–H groups in total. The second-order valence-electron chi connectivity index (χ2n) is 3.71. The highest BCUT2D eigenvalue weighted by Crippen LogP contribution is 2.25. The Balaban J connectivity index is 1.79. The van der Waals surface area contributed by atoms with E-state index in [0.29, 0.717) is 37.0 Å². The molecule has 0 unspecified atom stereocenters. The van der Waals surface area contributed by atoms with Crippen LogP contribution in [0, 0.1) is 0 Å². The number of nitrogens with zero attached hydrogens (tertiary/aromatic N) is 2. The molecule has 0 radical (unpaired) electrons. The summed E-state index contributed by atoms with van der Waals surface area (Å²) in [5.41, 5.74) is 5.38. The Bertz CT molecular complexity index is 309. The molecule has 15 heavy (non-hydrogen) atoms. The van der Waals surface area contributed by atoms with Crippen LogP contribution in [0.2, 0.25) is 0 Å². The monoisotopic (exact) mass is 212 g/mol. The van der Waals surface area contributed by atoms with Gasteiger partial charge in [0, 0.05) is 26.1 Å². The Morgan fingerprint density at radius 3 is 3.00 bits per heavy atom. The quantitative estimate of drug-likeness (QED) is 0.723. The summed E-state index contributed by atoms with van der Waals surface area (Å²) in [6, 6.07) is 0.874. The predicted octanol–water partition coefficient (Wildman–Crippen LogP) is 0.160. The van der Waals surface area contributed by atoms with E-state index in [-0.39, 0.29) is 0 Å². The van der Waals surface area contributed by atoms with Gasteiger partial charge >= 0.3 is 6.01 Å². The van der Waals surface area contributed by atoms with Gasteiger partial charge in [-0.2, -0.15) is 0 Å². The van der Waals surface area contributed by atoms with Crippen molar-refractivity contribution in [3.63, 3.8) is 0 Å². The molecule has 0 aromatic carbocycles. The van der Waals surface area contributed by atoms with Gasteiger partial charge in [0.2, 0.25) is 5.89 Å². The van der Waals surface area contributed by atoms with Crippen LogP contribution in [-0.4, -0.2) is 36.0 Å². The third kappa shape index (κ3) is 2.45. The minimum absolute atomic E-state index is 0.369. The van der Waals surface area contributed by atoms with Crippen LogP contribution >= 0.6 is 0 Å². The zero-order valence-corrected chi connectivity index (χ0v) is 8.77. The van der Waals surface area contributed by atoms with Gasteiger partial charge in [0.15, 0.2) is 0 Å². The van der Waals surface area contributed by atoms with Crippen LogP contribution < -0.4 is 11.1 Å². The first-order valence-electron chi connectivity index (χ1n) is 5.13. The standard InChI is InChI=1S/C9H16N4O2/c1-14-7-4-6(5-7)11-9-13-12-8(15-9)2-3-10/h6-7H,2-5,10H2,1H3,(H,11,13). The van der Waals surface area contributed by atoms with Crippen LogP contribution in [0.1, 0.15) is 18.7 Å². The van der Waals surface area contributed by atoms with Crippen LogP contribution in [0.5, 0.6) is 0 Å². The molecule has 1 aromatic heterocycles. The molecule has 1 fully saturated rings. The first kappa shape index (κ1) is 10.4. The Labute approximate surface area is 88.2 Å². The minimum atomic E-state index is 0.369. The van der Waals surface area contributed by atoms with Gasteiger partial charge in [0.05, 0.1) is 6.10 Å². The number of anilines is 1. The SMILES string of the molecule is COC1CC(Nc2nnc(CCN)o2)C1. The van der Waals surface area contributed by atoms with Crippen LogP contribution in [0.25, 0.3) is 0 Å². The van der Waals surface area contributed by atoms with Crippen LogP contribution in [0.3, 0.4) is 0 Å². The topological polar surface area (TPSA) is 86.2 Å². The van der Waals surface area contributed by atoms with Gasteiger partial charge in [-0.3, -0.25) is 0 Å². The lowest BCUT2D eigenvalue weighted by Crippen LogP contribution is -2.40. The van der Waals surface area contributed by atoms with Crippen molar-refractivity contribution in [1.29, 1.82) is 0 Å². The molecular formula is C9H16N4O2. The molecule has 0 aliphatic heterocycles. The molecule has 1 aliphatic rings. The van der Waals surface area contributed by atoms with E-state index in [9.17, 15) is 0 Å². The van der Waals surface area contributed by atoms with Gasteiger partial charge in [-0.05, 0) is 12.8 Å². The van der Waals surface area contributed by atoms with Gasteiger partial charge in [-0.25, -0.2) is 0 Å². The maximum absolute atomic E-state index is 5.38. The molecule has 1 aliphatic carbocycles. The molecule has 1 saturated carbocycles. The van der Waals surface area contributed by atoms with Crippen molar-refractivity contribution in [3.05, 3.63) is 5.89 Å². The van der Waals surface area contributed by atoms with E-state index in [0.717, 1.165) is 12.8 Å². The number of nitrogens with two attached hydrogens (primary N) is 1. The summed E-state index contributed by atoms with van der Waals surface area (Å²) in [4.78, 5) is 0. The summed E-state index contributed by atoms with van der Waals surface area (Å²) < 4.78 is 10.5. The third-order valence-electron chi connectivity index (χ3n) is 2.58. The molecule has 1 heterocycles. The summed E-state index contributed by atoms with van der Waals surface area (Å²) in [6.45, 7) is 0.525. The largest absolute Gasteiger partial charge is 0.408 e. The van der Waals surface area contributed by atoms with Gasteiger partial charge in [0.1, 0.15) is 0 Å². The fourth-order valence-corrected chi connectivity index (χ4v) is 1.59. The Morgan fingerprint density at radius 2 is 2.33 bits per heavy atom. The summed E-state index contributed by atoms with van der Waals surface area (Å²) >= 11 is 0. The smallest absolute Gasteiger partial charge is 0.315 e. The average Bonchev–Trinajstić information content (AvgIpc) is 2.59. The summed E-state index contributed by atoms with van der Waals surface area (Å²) in [5, 5.41) is 10.9. The minimum Gasteiger partial charge on any atom is -0.408 e. The Kier molecular flexibility index (Phi) is 3.17. The first-order chi connectivity index (χ1) is 7.31. The van der Waals surface area contributed by atoms with Crippen molar-refractivity contribution >= 4 is 6.01 Å². The zero-order valence-electron chi connectivity index (χ0n) is 8.77. The normalized spacial score (nSPS) is 24.9. The van der Waals surface area contributed by atoms with E-state index in [1.165, 1.54) is 0 Å². The van der Waals surface area contributed by atoms with E-state index in [4.69, 9.17) is 14.9 Å². The first-order valence-corrected chi connectivity index (χ1v) is 5.13. The van der Waals surface area contributed by atoms with Gasteiger partial charge < -0.3 is 20.2 Å². The van der Waals surface area contributed by atoms with Crippen molar-refractivity contribution in [2.75, 3.05) is 19.0 Å². The van der Waals surface area contributed by atoms with Crippen molar-refractivity contribution in [2.24, 2.45) is 5.73 Å². The molecule has 0 saturated heterocycles.